The second-order valence-corrected chi connectivity index (χ2v) is 5.36. The summed E-state index contributed by atoms with van der Waals surface area (Å²) < 4.78 is 32.6. The van der Waals surface area contributed by atoms with E-state index in [-0.39, 0.29) is 11.4 Å². The molecule has 0 fully saturated rings. The molecule has 2 N–H and O–H groups in total. The number of hydrogen-bond donors (Lipinski definition) is 2. The van der Waals surface area contributed by atoms with Gasteiger partial charge in [-0.25, -0.2) is 13.4 Å². The summed E-state index contributed by atoms with van der Waals surface area (Å²) in [6, 6.07) is 15.8. The van der Waals surface area contributed by atoms with E-state index in [9.17, 15) is 8.78 Å². The highest BCUT2D eigenvalue weighted by atomic mass is 19.1. The molecule has 7 heteroatoms. The van der Waals surface area contributed by atoms with E-state index in [1.807, 2.05) is 0 Å². The van der Waals surface area contributed by atoms with Crippen molar-refractivity contribution >= 4 is 33.8 Å². The number of nitrogens with zero attached hydrogens (tertiary/aromatic N) is 2. The summed E-state index contributed by atoms with van der Waals surface area (Å²) in [5, 5.41) is 13.6. The number of aromatic nitrogens is 2. The molecule has 4 rings (SSSR count). The number of halogens is 2. The van der Waals surface area contributed by atoms with Gasteiger partial charge in [0.15, 0.2) is 0 Å². The zero-order valence-corrected chi connectivity index (χ0v) is 12.8. The molecule has 0 spiro atoms. The van der Waals surface area contributed by atoms with Crippen molar-refractivity contribution in [3.8, 4) is 0 Å². The fourth-order valence-electron chi connectivity index (χ4n) is 2.45. The molecule has 4 aromatic rings. The lowest BCUT2D eigenvalue weighted by Gasteiger charge is -2.14. The van der Waals surface area contributed by atoms with E-state index in [1.165, 1.54) is 12.1 Å². The number of benzene rings is 3. The van der Waals surface area contributed by atoms with E-state index in [1.54, 1.807) is 48.5 Å². The van der Waals surface area contributed by atoms with Gasteiger partial charge in [0.25, 0.3) is 0 Å². The van der Waals surface area contributed by atoms with Crippen LogP contribution in [0.4, 0.5) is 31.5 Å². The van der Waals surface area contributed by atoms with Crippen LogP contribution in [0.2, 0.25) is 0 Å². The Morgan fingerprint density at radius 1 is 0.640 bits per heavy atom. The van der Waals surface area contributed by atoms with Crippen LogP contribution in [0.25, 0.3) is 11.0 Å². The third kappa shape index (κ3) is 2.99. The summed E-state index contributed by atoms with van der Waals surface area (Å²) in [4.78, 5) is 0. The van der Waals surface area contributed by atoms with Gasteiger partial charge in [0.05, 0.1) is 22.7 Å². The molecule has 1 aromatic heterocycles. The second-order valence-electron chi connectivity index (χ2n) is 5.36. The smallest absolute Gasteiger partial charge is 0.146 e. The Morgan fingerprint density at radius 3 is 1.52 bits per heavy atom. The second kappa shape index (κ2) is 6.20. The number of nitrogens with one attached hydrogen (secondary N) is 2. The first-order chi connectivity index (χ1) is 12.2. The Hall–Kier alpha value is -3.48. The largest absolute Gasteiger partial charge is 0.351 e. The minimum absolute atomic E-state index is 0.287. The van der Waals surface area contributed by atoms with Crippen LogP contribution in [-0.2, 0) is 0 Å². The predicted octanol–water partition coefficient (Wildman–Crippen LogP) is 4.99. The molecule has 0 saturated heterocycles. The molecule has 25 heavy (non-hydrogen) atoms. The number of fused-ring (bicyclic) bond motifs is 1. The highest BCUT2D eigenvalue weighted by Gasteiger charge is 2.12. The minimum Gasteiger partial charge on any atom is -0.351 e. The van der Waals surface area contributed by atoms with Gasteiger partial charge in [0, 0.05) is 0 Å². The van der Waals surface area contributed by atoms with Crippen molar-refractivity contribution in [2.24, 2.45) is 0 Å². The highest BCUT2D eigenvalue weighted by Crippen LogP contribution is 2.33. The van der Waals surface area contributed by atoms with E-state index in [2.05, 4.69) is 20.9 Å². The van der Waals surface area contributed by atoms with E-state index < -0.39 is 11.6 Å². The van der Waals surface area contributed by atoms with Crippen LogP contribution in [0.3, 0.4) is 0 Å². The quantitative estimate of drug-likeness (QED) is 0.549. The predicted molar refractivity (Wildman–Crippen MR) is 91.2 cm³/mol. The molecule has 0 aliphatic rings. The molecule has 0 radical (unpaired) electrons. The fraction of sp³-hybridized carbons (Fsp3) is 0. The van der Waals surface area contributed by atoms with Gasteiger partial charge in [-0.3, -0.25) is 0 Å². The SMILES string of the molecule is Fc1ccccc1Nc1cc2nonc2cc1Nc1ccccc1F. The van der Waals surface area contributed by atoms with Gasteiger partial charge >= 0.3 is 0 Å². The van der Waals surface area contributed by atoms with Gasteiger partial charge in [-0.2, -0.15) is 0 Å². The van der Waals surface area contributed by atoms with Gasteiger partial charge in [-0.05, 0) is 46.7 Å². The monoisotopic (exact) mass is 338 g/mol. The average Bonchev–Trinajstić information content (AvgIpc) is 3.06. The molecule has 0 bridgehead atoms. The lowest BCUT2D eigenvalue weighted by atomic mass is 10.2. The molecule has 0 aliphatic carbocycles. The lowest BCUT2D eigenvalue weighted by Crippen LogP contribution is -2.00. The Balaban J connectivity index is 1.78. The van der Waals surface area contributed by atoms with Crippen LogP contribution in [0.1, 0.15) is 0 Å². The fourth-order valence-corrected chi connectivity index (χ4v) is 2.45. The zero-order valence-electron chi connectivity index (χ0n) is 12.8. The number of hydrogen-bond acceptors (Lipinski definition) is 5. The van der Waals surface area contributed by atoms with Gasteiger partial charge in [0.1, 0.15) is 22.7 Å². The van der Waals surface area contributed by atoms with Crippen molar-refractivity contribution in [3.05, 3.63) is 72.3 Å². The van der Waals surface area contributed by atoms with Crippen LogP contribution in [0, 0.1) is 11.6 Å². The maximum absolute atomic E-state index is 14.0. The maximum Gasteiger partial charge on any atom is 0.146 e. The molecule has 0 atom stereocenters. The summed E-state index contributed by atoms with van der Waals surface area (Å²) in [7, 11) is 0. The molecule has 5 nitrogen and oxygen atoms in total. The van der Waals surface area contributed by atoms with Gasteiger partial charge < -0.3 is 10.6 Å². The van der Waals surface area contributed by atoms with Crippen molar-refractivity contribution < 1.29 is 13.4 Å². The summed E-state index contributed by atoms with van der Waals surface area (Å²) >= 11 is 0. The van der Waals surface area contributed by atoms with Crippen LogP contribution in [-0.4, -0.2) is 10.3 Å². The Bertz CT molecular complexity index is 967. The van der Waals surface area contributed by atoms with Crippen LogP contribution in [0.5, 0.6) is 0 Å². The highest BCUT2D eigenvalue weighted by molar-refractivity contribution is 5.90. The maximum atomic E-state index is 14.0. The Morgan fingerprint density at radius 2 is 1.08 bits per heavy atom. The van der Waals surface area contributed by atoms with Crippen molar-refractivity contribution in [2.45, 2.75) is 0 Å². The standard InChI is InChI=1S/C18H12F2N4O/c19-11-5-1-3-7-13(11)21-15-9-17-18(24-25-23-17)10-16(15)22-14-8-4-2-6-12(14)20/h1-10,21-22H. The van der Waals surface area contributed by atoms with Crippen molar-refractivity contribution in [3.63, 3.8) is 0 Å². The van der Waals surface area contributed by atoms with E-state index >= 15 is 0 Å². The third-order valence-corrected chi connectivity index (χ3v) is 3.68. The summed E-state index contributed by atoms with van der Waals surface area (Å²) in [5.74, 6) is -0.810. The zero-order chi connectivity index (χ0) is 17.2. The summed E-state index contributed by atoms with van der Waals surface area (Å²) in [6.07, 6.45) is 0. The van der Waals surface area contributed by atoms with Crippen molar-refractivity contribution in [2.75, 3.05) is 10.6 Å². The minimum atomic E-state index is -0.405. The van der Waals surface area contributed by atoms with Crippen LogP contribution in [0.15, 0.2) is 65.3 Å². The molecule has 3 aromatic carbocycles. The molecule has 124 valence electrons. The molecular formula is C18H12F2N4O. The number of anilines is 4. The lowest BCUT2D eigenvalue weighted by molar-refractivity contribution is 0.315. The van der Waals surface area contributed by atoms with E-state index in [0.717, 1.165) is 0 Å². The molecule has 0 saturated carbocycles. The van der Waals surface area contributed by atoms with Crippen molar-refractivity contribution in [1.82, 2.24) is 10.3 Å². The van der Waals surface area contributed by atoms with Crippen molar-refractivity contribution in [1.29, 1.82) is 0 Å². The van der Waals surface area contributed by atoms with Gasteiger partial charge in [-0.15, -0.1) is 0 Å². The number of para-hydroxylation sites is 2. The topological polar surface area (TPSA) is 63.0 Å². The summed E-state index contributed by atoms with van der Waals surface area (Å²) in [5.41, 5.74) is 2.59. The first-order valence-electron chi connectivity index (χ1n) is 7.50. The van der Waals surface area contributed by atoms with Gasteiger partial charge in [0.2, 0.25) is 0 Å². The Kier molecular flexibility index (Phi) is 3.74. The van der Waals surface area contributed by atoms with E-state index in [0.29, 0.717) is 22.4 Å². The number of rotatable bonds is 4. The normalized spacial score (nSPS) is 10.8. The molecule has 0 aliphatic heterocycles. The van der Waals surface area contributed by atoms with Crippen LogP contribution >= 0.6 is 0 Å². The molecule has 0 unspecified atom stereocenters. The Labute approximate surface area is 141 Å². The van der Waals surface area contributed by atoms with E-state index in [4.69, 9.17) is 4.63 Å². The van der Waals surface area contributed by atoms with Crippen LogP contribution < -0.4 is 10.6 Å². The molecular weight excluding hydrogens is 326 g/mol. The van der Waals surface area contributed by atoms with Gasteiger partial charge in [-0.1, -0.05) is 24.3 Å². The molecule has 1 heterocycles. The average molecular weight is 338 g/mol. The molecule has 0 amide bonds. The summed E-state index contributed by atoms with van der Waals surface area (Å²) in [6.45, 7) is 0. The third-order valence-electron chi connectivity index (χ3n) is 3.68. The first-order valence-corrected chi connectivity index (χ1v) is 7.50. The first kappa shape index (κ1) is 15.1.